The van der Waals surface area contributed by atoms with E-state index < -0.39 is 0 Å². The summed E-state index contributed by atoms with van der Waals surface area (Å²) < 4.78 is 13.6. The highest BCUT2D eigenvalue weighted by Crippen LogP contribution is 2.19. The van der Waals surface area contributed by atoms with Crippen molar-refractivity contribution in [3.63, 3.8) is 0 Å². The van der Waals surface area contributed by atoms with Crippen molar-refractivity contribution in [2.45, 2.75) is 18.4 Å². The molecule has 0 saturated heterocycles. The Balaban J connectivity index is 1.57. The SMILES string of the molecule is Cc1ccccc1CSCCNC(=O)CSCc1ccc(Cl)cc1F. The van der Waals surface area contributed by atoms with E-state index in [-0.39, 0.29) is 11.7 Å². The lowest BCUT2D eigenvalue weighted by atomic mass is 10.1. The van der Waals surface area contributed by atoms with Crippen LogP contribution in [0.4, 0.5) is 4.39 Å². The van der Waals surface area contributed by atoms with Crippen LogP contribution >= 0.6 is 35.1 Å². The second-order valence-corrected chi connectivity index (χ2v) is 8.08. The molecule has 25 heavy (non-hydrogen) atoms. The number of aryl methyl sites for hydroxylation is 1. The molecule has 0 unspecified atom stereocenters. The summed E-state index contributed by atoms with van der Waals surface area (Å²) in [5.41, 5.74) is 3.19. The number of benzene rings is 2. The van der Waals surface area contributed by atoms with Gasteiger partial charge in [0.1, 0.15) is 5.82 Å². The highest BCUT2D eigenvalue weighted by atomic mass is 35.5. The van der Waals surface area contributed by atoms with E-state index in [2.05, 4.69) is 24.4 Å². The quantitative estimate of drug-likeness (QED) is 0.599. The third kappa shape index (κ3) is 7.30. The maximum absolute atomic E-state index is 13.6. The number of thioether (sulfide) groups is 2. The van der Waals surface area contributed by atoms with Gasteiger partial charge in [-0.05, 0) is 35.7 Å². The number of nitrogens with one attached hydrogen (secondary N) is 1. The molecule has 2 aromatic rings. The van der Waals surface area contributed by atoms with Gasteiger partial charge in [-0.3, -0.25) is 4.79 Å². The lowest BCUT2D eigenvalue weighted by molar-refractivity contribution is -0.118. The van der Waals surface area contributed by atoms with E-state index in [0.29, 0.717) is 28.6 Å². The lowest BCUT2D eigenvalue weighted by Gasteiger charge is -2.07. The predicted molar refractivity (Wildman–Crippen MR) is 108 cm³/mol. The number of halogens is 2. The first-order chi connectivity index (χ1) is 12.1. The minimum Gasteiger partial charge on any atom is -0.355 e. The molecule has 0 fully saturated rings. The van der Waals surface area contributed by atoms with Crippen molar-refractivity contribution in [3.05, 3.63) is 70.0 Å². The van der Waals surface area contributed by atoms with Crippen LogP contribution in [0.5, 0.6) is 0 Å². The molecule has 1 N–H and O–H groups in total. The molecule has 0 bridgehead atoms. The molecule has 2 aromatic carbocycles. The molecule has 1 amide bonds. The van der Waals surface area contributed by atoms with Crippen LogP contribution in [0.15, 0.2) is 42.5 Å². The van der Waals surface area contributed by atoms with Crippen LogP contribution in [0.25, 0.3) is 0 Å². The van der Waals surface area contributed by atoms with Crippen molar-refractivity contribution in [1.29, 1.82) is 0 Å². The fraction of sp³-hybridized carbons (Fsp3) is 0.316. The predicted octanol–water partition coefficient (Wildman–Crippen LogP) is 5.07. The number of hydrogen-bond acceptors (Lipinski definition) is 3. The zero-order valence-corrected chi connectivity index (χ0v) is 16.4. The van der Waals surface area contributed by atoms with Gasteiger partial charge in [-0.2, -0.15) is 11.8 Å². The lowest BCUT2D eigenvalue weighted by Crippen LogP contribution is -2.27. The van der Waals surface area contributed by atoms with E-state index in [9.17, 15) is 9.18 Å². The Hall–Kier alpha value is -1.17. The first-order valence-corrected chi connectivity index (χ1v) is 10.7. The molecule has 6 heteroatoms. The van der Waals surface area contributed by atoms with E-state index >= 15 is 0 Å². The third-order valence-corrected chi connectivity index (χ3v) is 5.82. The van der Waals surface area contributed by atoms with Crippen LogP contribution in [0.3, 0.4) is 0 Å². The monoisotopic (exact) mass is 397 g/mol. The summed E-state index contributed by atoms with van der Waals surface area (Å²) in [6.07, 6.45) is 0. The Morgan fingerprint density at radius 2 is 1.88 bits per heavy atom. The molecular weight excluding hydrogens is 377 g/mol. The average molecular weight is 398 g/mol. The Morgan fingerprint density at radius 3 is 2.64 bits per heavy atom. The van der Waals surface area contributed by atoms with Gasteiger partial charge in [0, 0.05) is 28.8 Å². The summed E-state index contributed by atoms with van der Waals surface area (Å²) in [5, 5.41) is 3.28. The normalized spacial score (nSPS) is 10.7. The zero-order chi connectivity index (χ0) is 18.1. The van der Waals surface area contributed by atoms with Gasteiger partial charge in [-0.15, -0.1) is 11.8 Å². The van der Waals surface area contributed by atoms with Gasteiger partial charge in [-0.25, -0.2) is 4.39 Å². The van der Waals surface area contributed by atoms with Crippen LogP contribution < -0.4 is 5.32 Å². The fourth-order valence-corrected chi connectivity index (χ4v) is 4.10. The minimum atomic E-state index is -0.326. The first kappa shape index (κ1) is 20.1. The molecule has 0 saturated carbocycles. The molecule has 0 aliphatic carbocycles. The van der Waals surface area contributed by atoms with Crippen LogP contribution in [-0.4, -0.2) is 24.0 Å². The van der Waals surface area contributed by atoms with E-state index in [4.69, 9.17) is 11.6 Å². The van der Waals surface area contributed by atoms with Crippen molar-refractivity contribution in [2.75, 3.05) is 18.1 Å². The van der Waals surface area contributed by atoms with Gasteiger partial charge in [0.25, 0.3) is 0 Å². The van der Waals surface area contributed by atoms with Crippen molar-refractivity contribution in [2.24, 2.45) is 0 Å². The van der Waals surface area contributed by atoms with Crippen molar-refractivity contribution >= 4 is 41.0 Å². The van der Waals surface area contributed by atoms with E-state index in [1.807, 2.05) is 12.1 Å². The van der Waals surface area contributed by atoms with Gasteiger partial charge in [0.15, 0.2) is 0 Å². The Kier molecular flexibility index (Phi) is 8.65. The molecule has 0 aromatic heterocycles. The largest absolute Gasteiger partial charge is 0.355 e. The van der Waals surface area contributed by atoms with E-state index in [1.165, 1.54) is 29.0 Å². The van der Waals surface area contributed by atoms with Gasteiger partial charge < -0.3 is 5.32 Å². The number of carbonyl (C=O) groups is 1. The molecule has 0 aliphatic heterocycles. The molecule has 0 aliphatic rings. The fourth-order valence-electron chi connectivity index (χ4n) is 2.16. The molecule has 0 spiro atoms. The summed E-state index contributed by atoms with van der Waals surface area (Å²) >= 11 is 8.92. The Labute approximate surface area is 161 Å². The molecule has 2 rings (SSSR count). The maximum Gasteiger partial charge on any atom is 0.230 e. The molecular formula is C19H21ClFNOS2. The molecule has 0 radical (unpaired) electrons. The van der Waals surface area contributed by atoms with Crippen molar-refractivity contribution < 1.29 is 9.18 Å². The summed E-state index contributed by atoms with van der Waals surface area (Å²) in [6.45, 7) is 2.75. The highest BCUT2D eigenvalue weighted by Gasteiger charge is 2.06. The van der Waals surface area contributed by atoms with Gasteiger partial charge in [-0.1, -0.05) is 41.9 Å². The standard InChI is InChI=1S/C19H21ClFNOS2/c1-14-4-2-3-5-15(14)11-24-9-8-22-19(23)13-25-12-16-6-7-17(20)10-18(16)21/h2-7,10H,8-9,11-13H2,1H3,(H,22,23). The van der Waals surface area contributed by atoms with Crippen molar-refractivity contribution in [3.8, 4) is 0 Å². The second-order valence-electron chi connectivity index (χ2n) is 5.56. The number of hydrogen-bond donors (Lipinski definition) is 1. The number of amides is 1. The molecule has 2 nitrogen and oxygen atoms in total. The number of rotatable bonds is 9. The first-order valence-electron chi connectivity index (χ1n) is 7.97. The summed E-state index contributed by atoms with van der Waals surface area (Å²) in [6, 6.07) is 12.9. The van der Waals surface area contributed by atoms with Crippen LogP contribution in [0.1, 0.15) is 16.7 Å². The minimum absolute atomic E-state index is 0.0177. The summed E-state index contributed by atoms with van der Waals surface area (Å²) in [4.78, 5) is 11.8. The molecule has 134 valence electrons. The number of carbonyl (C=O) groups excluding carboxylic acids is 1. The topological polar surface area (TPSA) is 29.1 Å². The maximum atomic E-state index is 13.6. The van der Waals surface area contributed by atoms with Gasteiger partial charge in [0.2, 0.25) is 5.91 Å². The van der Waals surface area contributed by atoms with Crippen LogP contribution in [0, 0.1) is 12.7 Å². The summed E-state index contributed by atoms with van der Waals surface area (Å²) in [7, 11) is 0. The van der Waals surface area contributed by atoms with E-state index in [1.54, 1.807) is 23.9 Å². The summed E-state index contributed by atoms with van der Waals surface area (Å²) in [5.74, 6) is 2.26. The Morgan fingerprint density at radius 1 is 1.12 bits per heavy atom. The average Bonchev–Trinajstić information content (AvgIpc) is 2.58. The van der Waals surface area contributed by atoms with Crippen LogP contribution in [0.2, 0.25) is 5.02 Å². The van der Waals surface area contributed by atoms with Crippen LogP contribution in [-0.2, 0) is 16.3 Å². The molecule has 0 atom stereocenters. The van der Waals surface area contributed by atoms with Gasteiger partial charge in [0.05, 0.1) is 5.75 Å². The third-order valence-electron chi connectivity index (χ3n) is 3.59. The van der Waals surface area contributed by atoms with E-state index in [0.717, 1.165) is 11.5 Å². The highest BCUT2D eigenvalue weighted by molar-refractivity contribution is 7.99. The smallest absolute Gasteiger partial charge is 0.230 e. The Bertz CT molecular complexity index is 712. The van der Waals surface area contributed by atoms with Gasteiger partial charge >= 0.3 is 0 Å². The van der Waals surface area contributed by atoms with Crippen molar-refractivity contribution in [1.82, 2.24) is 5.32 Å². The molecule has 0 heterocycles. The second kappa shape index (κ2) is 10.7. The zero-order valence-electron chi connectivity index (χ0n) is 14.1.